The molecular weight excluding hydrogens is 364 g/mol. The monoisotopic (exact) mass is 378 g/mol. The van der Waals surface area contributed by atoms with E-state index in [2.05, 4.69) is 30.4 Å². The van der Waals surface area contributed by atoms with Gasteiger partial charge in [-0.15, -0.1) is 11.3 Å². The molecule has 4 heterocycles. The zero-order chi connectivity index (χ0) is 15.3. The molecule has 114 valence electrons. The summed E-state index contributed by atoms with van der Waals surface area (Å²) in [6, 6.07) is 2.07. The second-order valence-corrected chi connectivity index (χ2v) is 8.09. The summed E-state index contributed by atoms with van der Waals surface area (Å²) in [5.41, 5.74) is 3.03. The standard InChI is InChI=1S/C15H15BrN4OS/c1-19-13(7-20-4-2-3-9(20)8-21)18-11-6-17-10-5-12(16)22-15(10)14(11)19/h5-6,8-9H,2-4,7H2,1H3. The maximum absolute atomic E-state index is 11.2. The van der Waals surface area contributed by atoms with Crippen molar-refractivity contribution >= 4 is 54.8 Å². The Labute approximate surface area is 140 Å². The Kier molecular flexibility index (Phi) is 3.51. The number of nitrogens with zero attached hydrogens (tertiary/aromatic N) is 4. The molecule has 0 aliphatic carbocycles. The smallest absolute Gasteiger partial charge is 0.137 e. The Morgan fingerprint density at radius 3 is 3.18 bits per heavy atom. The lowest BCUT2D eigenvalue weighted by atomic mass is 10.2. The summed E-state index contributed by atoms with van der Waals surface area (Å²) >= 11 is 5.21. The van der Waals surface area contributed by atoms with E-state index in [1.54, 1.807) is 11.3 Å². The molecule has 1 saturated heterocycles. The van der Waals surface area contributed by atoms with E-state index in [0.29, 0.717) is 6.54 Å². The maximum atomic E-state index is 11.2. The normalized spacial score (nSPS) is 19.5. The molecule has 0 saturated carbocycles. The predicted molar refractivity (Wildman–Crippen MR) is 91.1 cm³/mol. The summed E-state index contributed by atoms with van der Waals surface area (Å²) in [5, 5.41) is 0. The van der Waals surface area contributed by atoms with Gasteiger partial charge in [0.25, 0.3) is 0 Å². The fraction of sp³-hybridized carbons (Fsp3) is 0.400. The van der Waals surface area contributed by atoms with Crippen LogP contribution in [0.4, 0.5) is 0 Å². The molecule has 1 unspecified atom stereocenters. The first kappa shape index (κ1) is 14.3. The first-order chi connectivity index (χ1) is 10.7. The van der Waals surface area contributed by atoms with Gasteiger partial charge in [0, 0.05) is 7.05 Å². The van der Waals surface area contributed by atoms with Crippen LogP contribution in [0.2, 0.25) is 0 Å². The number of halogens is 1. The van der Waals surface area contributed by atoms with Crippen molar-refractivity contribution in [3.63, 3.8) is 0 Å². The van der Waals surface area contributed by atoms with Gasteiger partial charge in [-0.25, -0.2) is 4.98 Å². The zero-order valence-electron chi connectivity index (χ0n) is 12.1. The molecule has 0 amide bonds. The largest absolute Gasteiger partial charge is 0.329 e. The highest BCUT2D eigenvalue weighted by Gasteiger charge is 2.25. The lowest BCUT2D eigenvalue weighted by Gasteiger charge is -2.19. The Morgan fingerprint density at radius 2 is 2.36 bits per heavy atom. The Morgan fingerprint density at radius 1 is 1.50 bits per heavy atom. The van der Waals surface area contributed by atoms with E-state index in [1.807, 2.05) is 19.3 Å². The third-order valence-electron chi connectivity index (χ3n) is 4.35. The summed E-state index contributed by atoms with van der Waals surface area (Å²) in [6.45, 7) is 1.67. The summed E-state index contributed by atoms with van der Waals surface area (Å²) in [7, 11) is 2.05. The number of fused-ring (bicyclic) bond motifs is 3. The van der Waals surface area contributed by atoms with E-state index in [9.17, 15) is 4.79 Å². The van der Waals surface area contributed by atoms with Gasteiger partial charge < -0.3 is 9.36 Å². The van der Waals surface area contributed by atoms with Crippen LogP contribution < -0.4 is 0 Å². The highest BCUT2D eigenvalue weighted by molar-refractivity contribution is 9.11. The third-order valence-corrected chi connectivity index (χ3v) is 5.99. The van der Waals surface area contributed by atoms with Crippen molar-refractivity contribution in [2.45, 2.75) is 25.4 Å². The maximum Gasteiger partial charge on any atom is 0.137 e. The predicted octanol–water partition coefficient (Wildman–Crippen LogP) is 3.11. The minimum atomic E-state index is 0.0360. The number of aryl methyl sites for hydroxylation is 1. The molecule has 4 rings (SSSR count). The topological polar surface area (TPSA) is 51.0 Å². The van der Waals surface area contributed by atoms with Crippen LogP contribution in [0.25, 0.3) is 21.3 Å². The fourth-order valence-corrected chi connectivity index (χ4v) is 4.82. The molecule has 1 aliphatic heterocycles. The number of hydrogen-bond acceptors (Lipinski definition) is 5. The number of carbonyl (C=O) groups excluding carboxylic acids is 1. The molecule has 22 heavy (non-hydrogen) atoms. The summed E-state index contributed by atoms with van der Waals surface area (Å²) in [5.74, 6) is 0.988. The van der Waals surface area contributed by atoms with Crippen LogP contribution in [0.1, 0.15) is 18.7 Å². The molecule has 0 radical (unpaired) electrons. The van der Waals surface area contributed by atoms with E-state index in [1.165, 1.54) is 0 Å². The lowest BCUT2D eigenvalue weighted by Crippen LogP contribution is -2.30. The average molecular weight is 379 g/mol. The van der Waals surface area contributed by atoms with Crippen LogP contribution in [0.3, 0.4) is 0 Å². The van der Waals surface area contributed by atoms with E-state index < -0.39 is 0 Å². The van der Waals surface area contributed by atoms with Crippen molar-refractivity contribution in [2.24, 2.45) is 7.05 Å². The Hall–Kier alpha value is -1.31. The quantitative estimate of drug-likeness (QED) is 0.657. The fourth-order valence-electron chi connectivity index (χ4n) is 3.20. The van der Waals surface area contributed by atoms with Gasteiger partial charge in [-0.05, 0) is 41.4 Å². The van der Waals surface area contributed by atoms with Gasteiger partial charge in [0.2, 0.25) is 0 Å². The van der Waals surface area contributed by atoms with Crippen molar-refractivity contribution < 1.29 is 4.79 Å². The first-order valence-electron chi connectivity index (χ1n) is 7.26. The van der Waals surface area contributed by atoms with Crippen molar-refractivity contribution in [3.05, 3.63) is 21.9 Å². The SMILES string of the molecule is Cn1c(CN2CCCC2C=O)nc2cnc3cc(Br)sc3c21. The number of thiophene rings is 1. The van der Waals surface area contributed by atoms with E-state index in [0.717, 1.165) is 56.5 Å². The van der Waals surface area contributed by atoms with Gasteiger partial charge >= 0.3 is 0 Å². The van der Waals surface area contributed by atoms with Crippen LogP contribution >= 0.6 is 27.3 Å². The molecule has 0 spiro atoms. The molecule has 7 heteroatoms. The van der Waals surface area contributed by atoms with Gasteiger partial charge in [-0.2, -0.15) is 0 Å². The molecule has 0 bridgehead atoms. The zero-order valence-corrected chi connectivity index (χ0v) is 14.5. The lowest BCUT2D eigenvalue weighted by molar-refractivity contribution is -0.111. The van der Waals surface area contributed by atoms with Crippen molar-refractivity contribution in [3.8, 4) is 0 Å². The number of rotatable bonds is 3. The van der Waals surface area contributed by atoms with E-state index in [4.69, 9.17) is 4.98 Å². The van der Waals surface area contributed by atoms with Gasteiger partial charge in [-0.1, -0.05) is 0 Å². The van der Waals surface area contributed by atoms with Crippen LogP contribution in [0, 0.1) is 0 Å². The second-order valence-electron chi connectivity index (χ2n) is 5.66. The van der Waals surface area contributed by atoms with Crippen LogP contribution in [-0.4, -0.2) is 38.3 Å². The van der Waals surface area contributed by atoms with Crippen LogP contribution in [0.15, 0.2) is 16.0 Å². The average Bonchev–Trinajstić information content (AvgIpc) is 3.17. The highest BCUT2D eigenvalue weighted by atomic mass is 79.9. The molecule has 1 aliphatic rings. The summed E-state index contributed by atoms with van der Waals surface area (Å²) in [6.07, 6.45) is 4.93. The first-order valence-corrected chi connectivity index (χ1v) is 8.87. The van der Waals surface area contributed by atoms with E-state index in [-0.39, 0.29) is 6.04 Å². The highest BCUT2D eigenvalue weighted by Crippen LogP contribution is 2.34. The second kappa shape index (κ2) is 5.40. The molecule has 1 fully saturated rings. The van der Waals surface area contributed by atoms with E-state index >= 15 is 0 Å². The van der Waals surface area contributed by atoms with Gasteiger partial charge in [0.1, 0.15) is 17.6 Å². The minimum Gasteiger partial charge on any atom is -0.329 e. The number of hydrogen-bond donors (Lipinski definition) is 0. The minimum absolute atomic E-state index is 0.0360. The number of aldehydes is 1. The van der Waals surface area contributed by atoms with Crippen molar-refractivity contribution in [1.82, 2.24) is 19.4 Å². The van der Waals surface area contributed by atoms with Gasteiger partial charge in [0.15, 0.2) is 0 Å². The Bertz CT molecular complexity index is 871. The number of carbonyl (C=O) groups is 1. The summed E-state index contributed by atoms with van der Waals surface area (Å²) < 4.78 is 4.37. The molecule has 3 aromatic rings. The van der Waals surface area contributed by atoms with Crippen LogP contribution in [-0.2, 0) is 18.4 Å². The van der Waals surface area contributed by atoms with Crippen LogP contribution in [0.5, 0.6) is 0 Å². The number of likely N-dealkylation sites (tertiary alicyclic amines) is 1. The Balaban J connectivity index is 1.80. The summed E-state index contributed by atoms with van der Waals surface area (Å²) in [4.78, 5) is 22.6. The molecule has 0 aromatic carbocycles. The molecule has 5 nitrogen and oxygen atoms in total. The third kappa shape index (κ3) is 2.19. The molecule has 0 N–H and O–H groups in total. The van der Waals surface area contributed by atoms with Gasteiger partial charge in [-0.3, -0.25) is 9.88 Å². The molecule has 1 atom stereocenters. The van der Waals surface area contributed by atoms with Gasteiger partial charge in [0.05, 0.1) is 38.3 Å². The molecule has 3 aromatic heterocycles. The number of pyridine rings is 1. The van der Waals surface area contributed by atoms with Crippen molar-refractivity contribution in [1.29, 1.82) is 0 Å². The number of aromatic nitrogens is 3. The van der Waals surface area contributed by atoms with Crippen molar-refractivity contribution in [2.75, 3.05) is 6.54 Å². The number of imidazole rings is 1. The molecular formula is C15H15BrN4OS.